The quantitative estimate of drug-likeness (QED) is 0.507. The summed E-state index contributed by atoms with van der Waals surface area (Å²) in [5.74, 6) is 2.12. The van der Waals surface area contributed by atoms with Crippen molar-refractivity contribution in [1.29, 1.82) is 0 Å². The van der Waals surface area contributed by atoms with E-state index in [1.807, 2.05) is 0 Å². The second-order valence-corrected chi connectivity index (χ2v) is 3.48. The largest absolute Gasteiger partial charge is 0.0651 e. The molecular formula is C9H16. The van der Waals surface area contributed by atoms with Gasteiger partial charge in [0.1, 0.15) is 0 Å². The van der Waals surface area contributed by atoms with Gasteiger partial charge in [0.15, 0.2) is 0 Å². The average Bonchev–Trinajstić information content (AvgIpc) is 2.54. The lowest BCUT2D eigenvalue weighted by atomic mass is 9.87. The highest BCUT2D eigenvalue weighted by Gasteiger charge is 2.37. The van der Waals surface area contributed by atoms with Crippen LogP contribution >= 0.6 is 0 Å². The van der Waals surface area contributed by atoms with E-state index < -0.39 is 0 Å². The molecule has 0 aromatic carbocycles. The van der Waals surface area contributed by atoms with Crippen molar-refractivity contribution in [2.24, 2.45) is 17.8 Å². The molecule has 0 spiro atoms. The zero-order valence-corrected chi connectivity index (χ0v) is 5.84. The minimum atomic E-state index is 0.194. The topological polar surface area (TPSA) is 0 Å². The molecule has 4 atom stereocenters. The minimum absolute atomic E-state index is 0.194. The van der Waals surface area contributed by atoms with E-state index in [9.17, 15) is 0 Å². The first-order valence-corrected chi connectivity index (χ1v) is 4.04. The molecule has 2 saturated carbocycles. The Kier molecular flexibility index (Phi) is 0.889. The molecule has 0 aromatic heterocycles. The van der Waals surface area contributed by atoms with Crippen molar-refractivity contribution in [1.82, 2.24) is 0 Å². The maximum atomic E-state index is 7.90. The molecule has 9 heavy (non-hydrogen) atoms. The van der Waals surface area contributed by atoms with E-state index in [-0.39, 0.29) is 6.40 Å². The Morgan fingerprint density at radius 2 is 2.67 bits per heavy atom. The van der Waals surface area contributed by atoms with E-state index >= 15 is 0 Å². The Morgan fingerprint density at radius 1 is 1.67 bits per heavy atom. The third-order valence-corrected chi connectivity index (χ3v) is 2.97. The van der Waals surface area contributed by atoms with Crippen LogP contribution < -0.4 is 0 Å². The van der Waals surface area contributed by atoms with Gasteiger partial charge in [0.25, 0.3) is 0 Å². The fourth-order valence-corrected chi connectivity index (χ4v) is 2.46. The van der Waals surface area contributed by atoms with Gasteiger partial charge in [-0.3, -0.25) is 0 Å². The zero-order chi connectivity index (χ0) is 7.84. The fraction of sp³-hybridized carbons (Fsp3) is 1.00. The fourth-order valence-electron chi connectivity index (χ4n) is 2.46. The second kappa shape index (κ2) is 2.00. The molecule has 2 aliphatic carbocycles. The molecule has 0 radical (unpaired) electrons. The Morgan fingerprint density at radius 3 is 3.33 bits per heavy atom. The summed E-state index contributed by atoms with van der Waals surface area (Å²) in [5.41, 5.74) is 0. The lowest BCUT2D eigenvalue weighted by Crippen LogP contribution is -2.08. The Bertz CT molecular complexity index is 144. The van der Waals surface area contributed by atoms with Gasteiger partial charge >= 0.3 is 0 Å². The number of hydrogen-bond donors (Lipinski definition) is 0. The van der Waals surface area contributed by atoms with E-state index in [2.05, 4.69) is 0 Å². The van der Waals surface area contributed by atoms with Crippen LogP contribution in [0.4, 0.5) is 0 Å². The molecule has 2 bridgehead atoms. The normalized spacial score (nSPS) is 59.6. The Balaban J connectivity index is 2.00. The molecule has 0 N–H and O–H groups in total. The predicted octanol–water partition coefficient (Wildman–Crippen LogP) is 2.83. The van der Waals surface area contributed by atoms with Crippen LogP contribution in [0.5, 0.6) is 0 Å². The van der Waals surface area contributed by atoms with E-state index in [1.165, 1.54) is 19.3 Å². The van der Waals surface area contributed by atoms with Crippen LogP contribution in [0, 0.1) is 17.8 Å². The maximum absolute atomic E-state index is 7.90. The zero-order valence-electron chi connectivity index (χ0n) is 7.84. The van der Waals surface area contributed by atoms with Gasteiger partial charge in [-0.2, -0.15) is 0 Å². The van der Waals surface area contributed by atoms with E-state index in [4.69, 9.17) is 2.74 Å². The second-order valence-electron chi connectivity index (χ2n) is 3.48. The van der Waals surface area contributed by atoms with Crippen LogP contribution in [-0.2, 0) is 0 Å². The van der Waals surface area contributed by atoms with Crippen molar-refractivity contribution in [3.63, 3.8) is 0 Å². The summed E-state index contributed by atoms with van der Waals surface area (Å²) < 4.78 is 15.1. The van der Waals surface area contributed by atoms with Crippen LogP contribution in [0.3, 0.4) is 0 Å². The van der Waals surface area contributed by atoms with Gasteiger partial charge in [-0.15, -0.1) is 0 Å². The van der Waals surface area contributed by atoms with Crippen molar-refractivity contribution in [3.05, 3.63) is 0 Å². The molecule has 2 fully saturated rings. The Hall–Kier alpha value is 0. The summed E-state index contributed by atoms with van der Waals surface area (Å²) in [6.45, 7) is 0.531. The van der Waals surface area contributed by atoms with Gasteiger partial charge in [-0.1, -0.05) is 19.7 Å². The first-order chi connectivity index (χ1) is 5.33. The summed E-state index contributed by atoms with van der Waals surface area (Å²) in [5, 5.41) is 0. The molecule has 0 nitrogen and oxygen atoms in total. The molecule has 0 amide bonds. The smallest absolute Gasteiger partial charge is 0.0272 e. The third-order valence-electron chi connectivity index (χ3n) is 2.97. The number of hydrogen-bond acceptors (Lipinski definition) is 0. The SMILES string of the molecule is [2H]CC[C@@H]1[C@@H]2CC[C@@H](C2)[C@@H]1[2H]. The number of fused-ring (bicyclic) bond motifs is 2. The van der Waals surface area contributed by atoms with Crippen molar-refractivity contribution in [3.8, 4) is 0 Å². The monoisotopic (exact) mass is 126 g/mol. The van der Waals surface area contributed by atoms with E-state index in [0.29, 0.717) is 18.7 Å². The van der Waals surface area contributed by atoms with Gasteiger partial charge < -0.3 is 0 Å². The molecule has 0 heterocycles. The summed E-state index contributed by atoms with van der Waals surface area (Å²) >= 11 is 0. The third kappa shape index (κ3) is 0.798. The van der Waals surface area contributed by atoms with Crippen LogP contribution in [0.25, 0.3) is 0 Å². The minimum Gasteiger partial charge on any atom is -0.0651 e. The highest BCUT2D eigenvalue weighted by molar-refractivity contribution is 4.88. The van der Waals surface area contributed by atoms with Crippen molar-refractivity contribution in [2.75, 3.05) is 0 Å². The van der Waals surface area contributed by atoms with Crippen LogP contribution in [0.2, 0.25) is 0 Å². The molecule has 0 aliphatic heterocycles. The van der Waals surface area contributed by atoms with Crippen LogP contribution in [0.1, 0.15) is 41.7 Å². The van der Waals surface area contributed by atoms with Crippen LogP contribution in [-0.4, -0.2) is 0 Å². The predicted molar refractivity (Wildman–Crippen MR) is 39.2 cm³/mol. The molecule has 2 rings (SSSR count). The van der Waals surface area contributed by atoms with E-state index in [0.717, 1.165) is 12.3 Å². The van der Waals surface area contributed by atoms with Gasteiger partial charge in [0.2, 0.25) is 0 Å². The molecule has 2 aliphatic rings. The highest BCUT2D eigenvalue weighted by atomic mass is 14.4. The lowest BCUT2D eigenvalue weighted by molar-refractivity contribution is 0.324. The highest BCUT2D eigenvalue weighted by Crippen LogP contribution is 2.49. The van der Waals surface area contributed by atoms with Crippen molar-refractivity contribution >= 4 is 0 Å². The first kappa shape index (κ1) is 4.00. The van der Waals surface area contributed by atoms with Gasteiger partial charge in [0, 0.05) is 2.74 Å². The molecular weight excluding hydrogens is 108 g/mol. The average molecular weight is 126 g/mol. The molecule has 0 saturated heterocycles. The van der Waals surface area contributed by atoms with Gasteiger partial charge in [-0.25, -0.2) is 0 Å². The summed E-state index contributed by atoms with van der Waals surface area (Å²) in [4.78, 5) is 0. The lowest BCUT2D eigenvalue weighted by Gasteiger charge is -2.18. The van der Waals surface area contributed by atoms with Gasteiger partial charge in [0.05, 0.1) is 0 Å². The molecule has 52 valence electrons. The molecule has 0 aromatic rings. The summed E-state index contributed by atoms with van der Waals surface area (Å²) in [6, 6.07) is 0. The van der Waals surface area contributed by atoms with Crippen LogP contribution in [0.15, 0.2) is 0 Å². The van der Waals surface area contributed by atoms with Crippen molar-refractivity contribution in [2.45, 2.75) is 39.0 Å². The molecule has 0 unspecified atom stereocenters. The number of rotatable bonds is 1. The standard InChI is InChI=1S/C9H16/c1-2-8-5-7-3-4-9(8)6-7/h7-9H,2-6H2,1H3/t7-,8+,9-/m1/s1/i1D,5D/t5-,7+,8-,9+/m0. The Labute approximate surface area is 60.5 Å². The summed E-state index contributed by atoms with van der Waals surface area (Å²) in [7, 11) is 0. The van der Waals surface area contributed by atoms with Crippen molar-refractivity contribution < 1.29 is 2.74 Å². The van der Waals surface area contributed by atoms with E-state index in [1.54, 1.807) is 0 Å². The molecule has 0 heteroatoms. The maximum Gasteiger partial charge on any atom is 0.0272 e. The van der Waals surface area contributed by atoms with Gasteiger partial charge in [-0.05, 0) is 37.0 Å². The summed E-state index contributed by atoms with van der Waals surface area (Å²) in [6.07, 6.45) is 5.13. The first-order valence-electron chi connectivity index (χ1n) is 5.33.